The second kappa shape index (κ2) is 13.1. The summed E-state index contributed by atoms with van der Waals surface area (Å²) in [7, 11) is 0. The highest BCUT2D eigenvalue weighted by molar-refractivity contribution is 6.11. The lowest BCUT2D eigenvalue weighted by Crippen LogP contribution is -1.93. The number of para-hydroxylation sites is 2. The molecule has 0 radical (unpaired) electrons. The molecule has 0 fully saturated rings. The lowest BCUT2D eigenvalue weighted by molar-refractivity contribution is 0.667. The van der Waals surface area contributed by atoms with Gasteiger partial charge in [0, 0.05) is 33.0 Å². The standard InChI is InChI=1S/C52H33N3O/c1-4-13-34(14-5-1)35-23-25-36(26-24-35)49-51-50(54-52(53-49)37-15-6-2-7-16-37)45-30-28-41(33-48(45)56-51)39-18-12-17-38(31-39)40-27-29-44-43-21-10-11-22-46(43)55(47(44)32-40)42-19-8-3-9-20-42/h1-33H. The molecule has 0 bridgehead atoms. The molecule has 0 saturated carbocycles. The first-order chi connectivity index (χ1) is 27.7. The molecule has 0 amide bonds. The summed E-state index contributed by atoms with van der Waals surface area (Å²) in [5, 5.41) is 3.45. The van der Waals surface area contributed by atoms with E-state index in [0.717, 1.165) is 66.8 Å². The first-order valence-electron chi connectivity index (χ1n) is 18.9. The average Bonchev–Trinajstić information content (AvgIpc) is 3.82. The highest BCUT2D eigenvalue weighted by atomic mass is 16.3. The van der Waals surface area contributed by atoms with Crippen LogP contribution >= 0.6 is 0 Å². The number of furan rings is 1. The zero-order chi connectivity index (χ0) is 37.0. The van der Waals surface area contributed by atoms with E-state index < -0.39 is 0 Å². The summed E-state index contributed by atoms with van der Waals surface area (Å²) in [5.74, 6) is 0.669. The lowest BCUT2D eigenvalue weighted by atomic mass is 9.97. The molecule has 4 nitrogen and oxygen atoms in total. The fourth-order valence-corrected chi connectivity index (χ4v) is 8.07. The third-order valence-electron chi connectivity index (χ3n) is 10.8. The molecule has 0 aliphatic heterocycles. The fraction of sp³-hybridized carbons (Fsp3) is 0. The van der Waals surface area contributed by atoms with Gasteiger partial charge in [-0.3, -0.25) is 0 Å². The van der Waals surface area contributed by atoms with Crippen molar-refractivity contribution in [2.75, 3.05) is 0 Å². The van der Waals surface area contributed by atoms with Crippen molar-refractivity contribution >= 4 is 43.9 Å². The number of fused-ring (bicyclic) bond motifs is 6. The van der Waals surface area contributed by atoms with Crippen LogP contribution in [-0.2, 0) is 0 Å². The van der Waals surface area contributed by atoms with E-state index in [2.05, 4.69) is 180 Å². The normalized spacial score (nSPS) is 11.6. The van der Waals surface area contributed by atoms with Gasteiger partial charge >= 0.3 is 0 Å². The molecule has 3 aromatic heterocycles. The molecule has 4 heteroatoms. The Morgan fingerprint density at radius 1 is 0.357 bits per heavy atom. The van der Waals surface area contributed by atoms with Gasteiger partial charge in [-0.05, 0) is 75.8 Å². The van der Waals surface area contributed by atoms with Crippen LogP contribution in [0.25, 0.3) is 106 Å². The Morgan fingerprint density at radius 3 is 1.64 bits per heavy atom. The highest BCUT2D eigenvalue weighted by Crippen LogP contribution is 2.39. The van der Waals surface area contributed by atoms with Crippen molar-refractivity contribution in [3.63, 3.8) is 0 Å². The van der Waals surface area contributed by atoms with Crippen LogP contribution in [0.5, 0.6) is 0 Å². The molecular formula is C52H33N3O. The van der Waals surface area contributed by atoms with Gasteiger partial charge in [0.1, 0.15) is 16.8 Å². The average molecular weight is 716 g/mol. The van der Waals surface area contributed by atoms with Crippen LogP contribution in [0.1, 0.15) is 0 Å². The molecule has 0 saturated heterocycles. The summed E-state index contributed by atoms with van der Waals surface area (Å²) < 4.78 is 9.09. The Hall–Kier alpha value is -7.56. The third-order valence-corrected chi connectivity index (χ3v) is 10.8. The van der Waals surface area contributed by atoms with E-state index in [4.69, 9.17) is 14.4 Å². The number of rotatable bonds is 6. The summed E-state index contributed by atoms with van der Waals surface area (Å²) in [4.78, 5) is 10.2. The maximum absolute atomic E-state index is 6.73. The van der Waals surface area contributed by atoms with Crippen LogP contribution < -0.4 is 0 Å². The summed E-state index contributed by atoms with van der Waals surface area (Å²) >= 11 is 0. The van der Waals surface area contributed by atoms with E-state index in [1.807, 2.05) is 24.3 Å². The van der Waals surface area contributed by atoms with Crippen molar-refractivity contribution in [1.82, 2.24) is 14.5 Å². The predicted molar refractivity (Wildman–Crippen MR) is 231 cm³/mol. The van der Waals surface area contributed by atoms with E-state index in [9.17, 15) is 0 Å². The Labute approximate surface area is 323 Å². The number of hydrogen-bond donors (Lipinski definition) is 0. The molecule has 0 aliphatic rings. The number of nitrogens with zero attached hydrogens (tertiary/aromatic N) is 3. The monoisotopic (exact) mass is 715 g/mol. The maximum atomic E-state index is 6.73. The van der Waals surface area contributed by atoms with Gasteiger partial charge in [-0.25, -0.2) is 9.97 Å². The van der Waals surface area contributed by atoms with Crippen molar-refractivity contribution in [2.45, 2.75) is 0 Å². The van der Waals surface area contributed by atoms with Gasteiger partial charge in [0.2, 0.25) is 0 Å². The molecule has 0 spiro atoms. The number of hydrogen-bond acceptors (Lipinski definition) is 3. The van der Waals surface area contributed by atoms with E-state index in [1.165, 1.54) is 27.4 Å². The van der Waals surface area contributed by atoms with Gasteiger partial charge in [0.15, 0.2) is 11.4 Å². The first kappa shape index (κ1) is 31.9. The molecule has 11 rings (SSSR count). The smallest absolute Gasteiger partial charge is 0.180 e. The molecule has 8 aromatic carbocycles. The van der Waals surface area contributed by atoms with Gasteiger partial charge in [-0.2, -0.15) is 0 Å². The largest absolute Gasteiger partial charge is 0.452 e. The van der Waals surface area contributed by atoms with Crippen molar-refractivity contribution in [2.24, 2.45) is 0 Å². The Bertz CT molecular complexity index is 3220. The third kappa shape index (κ3) is 5.39. The van der Waals surface area contributed by atoms with E-state index in [-0.39, 0.29) is 0 Å². The zero-order valence-electron chi connectivity index (χ0n) is 30.3. The van der Waals surface area contributed by atoms with E-state index in [1.54, 1.807) is 0 Å². The van der Waals surface area contributed by atoms with Crippen LogP contribution in [0.4, 0.5) is 0 Å². The Balaban J connectivity index is 1.02. The second-order valence-electron chi connectivity index (χ2n) is 14.2. The quantitative estimate of drug-likeness (QED) is 0.172. The van der Waals surface area contributed by atoms with Crippen LogP contribution in [0.3, 0.4) is 0 Å². The molecule has 56 heavy (non-hydrogen) atoms. The topological polar surface area (TPSA) is 43.9 Å². The summed E-state index contributed by atoms with van der Waals surface area (Å²) in [6.45, 7) is 0. The molecule has 3 heterocycles. The van der Waals surface area contributed by atoms with E-state index in [0.29, 0.717) is 11.4 Å². The minimum Gasteiger partial charge on any atom is -0.452 e. The van der Waals surface area contributed by atoms with Gasteiger partial charge in [-0.1, -0.05) is 158 Å². The molecule has 0 aliphatic carbocycles. The van der Waals surface area contributed by atoms with Gasteiger partial charge in [0.25, 0.3) is 0 Å². The van der Waals surface area contributed by atoms with Crippen molar-refractivity contribution in [3.05, 3.63) is 200 Å². The maximum Gasteiger partial charge on any atom is 0.180 e. The molecule has 0 N–H and O–H groups in total. The molecule has 262 valence electrons. The first-order valence-corrected chi connectivity index (χ1v) is 18.9. The predicted octanol–water partition coefficient (Wildman–Crippen LogP) is 13.8. The van der Waals surface area contributed by atoms with Crippen LogP contribution in [0, 0.1) is 0 Å². The molecule has 0 unspecified atom stereocenters. The minimum atomic E-state index is 0.669. The van der Waals surface area contributed by atoms with Crippen molar-refractivity contribution in [1.29, 1.82) is 0 Å². The summed E-state index contributed by atoms with van der Waals surface area (Å²) in [6, 6.07) is 70.4. The number of aromatic nitrogens is 3. The van der Waals surface area contributed by atoms with Crippen molar-refractivity contribution < 1.29 is 4.42 Å². The molecule has 11 aromatic rings. The minimum absolute atomic E-state index is 0.669. The van der Waals surface area contributed by atoms with Crippen LogP contribution in [0.15, 0.2) is 205 Å². The Morgan fingerprint density at radius 2 is 0.893 bits per heavy atom. The second-order valence-corrected chi connectivity index (χ2v) is 14.2. The fourth-order valence-electron chi connectivity index (χ4n) is 8.07. The van der Waals surface area contributed by atoms with Crippen LogP contribution in [-0.4, -0.2) is 14.5 Å². The molecular weight excluding hydrogens is 683 g/mol. The highest BCUT2D eigenvalue weighted by Gasteiger charge is 2.19. The van der Waals surface area contributed by atoms with Gasteiger partial charge < -0.3 is 8.98 Å². The lowest BCUT2D eigenvalue weighted by Gasteiger charge is -2.10. The van der Waals surface area contributed by atoms with Crippen LogP contribution in [0.2, 0.25) is 0 Å². The van der Waals surface area contributed by atoms with E-state index >= 15 is 0 Å². The van der Waals surface area contributed by atoms with Gasteiger partial charge in [-0.15, -0.1) is 0 Å². The summed E-state index contributed by atoms with van der Waals surface area (Å²) in [6.07, 6.45) is 0. The van der Waals surface area contributed by atoms with Gasteiger partial charge in [0.05, 0.1) is 11.0 Å². The zero-order valence-corrected chi connectivity index (χ0v) is 30.3. The summed E-state index contributed by atoms with van der Waals surface area (Å²) in [5.41, 5.74) is 15.3. The Kier molecular flexibility index (Phi) is 7.46. The molecule has 0 atom stereocenters. The number of benzene rings is 8. The SMILES string of the molecule is c1ccc(-c2ccc(-c3nc(-c4ccccc4)nc4c3oc3cc(-c5cccc(-c6ccc7c8ccccc8n(-c8ccccc8)c7c6)c5)ccc34)cc2)cc1. The van der Waals surface area contributed by atoms with Crippen molar-refractivity contribution in [3.8, 4) is 61.7 Å².